The van der Waals surface area contributed by atoms with E-state index in [9.17, 15) is 4.39 Å². The van der Waals surface area contributed by atoms with E-state index in [-0.39, 0.29) is 5.82 Å². The van der Waals surface area contributed by atoms with Crippen molar-refractivity contribution in [1.29, 1.82) is 0 Å². The molecule has 4 rings (SSSR count). The summed E-state index contributed by atoms with van der Waals surface area (Å²) in [5, 5.41) is 0. The minimum atomic E-state index is -0.226. The average Bonchev–Trinajstić information content (AvgIpc) is 2.88. The smallest absolute Gasteiger partial charge is 0.225 e. The normalized spacial score (nSPS) is 11.2. The molecule has 0 atom stereocenters. The van der Waals surface area contributed by atoms with Gasteiger partial charge in [0.15, 0.2) is 11.0 Å². The highest BCUT2D eigenvalue weighted by Gasteiger charge is 2.27. The number of imidazole rings is 1. The van der Waals surface area contributed by atoms with Gasteiger partial charge in [0.05, 0.1) is 12.6 Å². The molecule has 0 aliphatic heterocycles. The van der Waals surface area contributed by atoms with E-state index in [4.69, 9.17) is 0 Å². The van der Waals surface area contributed by atoms with Crippen LogP contribution < -0.4 is 4.57 Å². The van der Waals surface area contributed by atoms with Gasteiger partial charge < -0.3 is 0 Å². The number of aromatic nitrogens is 2. The monoisotopic (exact) mass is 331 g/mol. The highest BCUT2D eigenvalue weighted by molar-refractivity contribution is 5.80. The third kappa shape index (κ3) is 2.43. The summed E-state index contributed by atoms with van der Waals surface area (Å²) >= 11 is 0. The van der Waals surface area contributed by atoms with Crippen LogP contribution in [0.3, 0.4) is 0 Å². The van der Waals surface area contributed by atoms with E-state index in [0.717, 1.165) is 28.1 Å². The van der Waals surface area contributed by atoms with Crippen LogP contribution in [0.2, 0.25) is 0 Å². The molecule has 0 bridgehead atoms. The van der Waals surface area contributed by atoms with Gasteiger partial charge in [-0.25, -0.2) is 8.96 Å². The van der Waals surface area contributed by atoms with Crippen LogP contribution in [0.25, 0.3) is 28.1 Å². The highest BCUT2D eigenvalue weighted by Crippen LogP contribution is 2.30. The topological polar surface area (TPSA) is 8.81 Å². The van der Waals surface area contributed by atoms with Crippen molar-refractivity contribution in [2.24, 2.45) is 7.05 Å². The molecular formula is C22H20FN2+. The van der Waals surface area contributed by atoms with Gasteiger partial charge in [0.25, 0.3) is 5.82 Å². The molecule has 0 aliphatic carbocycles. The Bertz CT molecular complexity index is 1070. The zero-order valence-electron chi connectivity index (χ0n) is 14.6. The molecule has 3 heteroatoms. The van der Waals surface area contributed by atoms with Gasteiger partial charge in [0.2, 0.25) is 0 Å². The molecule has 0 saturated carbocycles. The number of para-hydroxylation sites is 3. The molecule has 0 spiro atoms. The largest absolute Gasteiger partial charge is 0.294 e. The minimum absolute atomic E-state index is 0.226. The van der Waals surface area contributed by atoms with Gasteiger partial charge in [-0.2, -0.15) is 4.57 Å². The first-order valence-electron chi connectivity index (χ1n) is 8.40. The Balaban J connectivity index is 2.18. The van der Waals surface area contributed by atoms with Crippen LogP contribution in [0, 0.1) is 19.7 Å². The molecule has 124 valence electrons. The number of benzene rings is 3. The Morgan fingerprint density at radius 1 is 0.840 bits per heavy atom. The summed E-state index contributed by atoms with van der Waals surface area (Å²) in [5.74, 6) is 0.744. The Morgan fingerprint density at radius 2 is 1.52 bits per heavy atom. The standard InChI is InChI=1S/C22H20FN2/c1-15-8-6-9-16(2)21(15)25-20-13-5-4-12-19(20)24(3)22(25)17-10-7-11-18(23)14-17/h4-14H,1-3H3/q+1. The number of halogens is 1. The zero-order valence-corrected chi connectivity index (χ0v) is 14.6. The Labute approximate surface area is 146 Å². The lowest BCUT2D eigenvalue weighted by Gasteiger charge is -2.09. The quantitative estimate of drug-likeness (QED) is 0.463. The van der Waals surface area contributed by atoms with Gasteiger partial charge in [0.1, 0.15) is 11.5 Å². The van der Waals surface area contributed by atoms with Crippen LogP contribution in [-0.2, 0) is 7.05 Å². The van der Waals surface area contributed by atoms with E-state index in [1.165, 1.54) is 17.2 Å². The molecule has 25 heavy (non-hydrogen) atoms. The predicted octanol–water partition coefficient (Wildman–Crippen LogP) is 4.88. The lowest BCUT2D eigenvalue weighted by molar-refractivity contribution is -0.633. The third-order valence-corrected chi connectivity index (χ3v) is 4.76. The number of hydrogen-bond acceptors (Lipinski definition) is 0. The lowest BCUT2D eigenvalue weighted by Crippen LogP contribution is -2.30. The van der Waals surface area contributed by atoms with Crippen LogP contribution in [0.1, 0.15) is 11.1 Å². The van der Waals surface area contributed by atoms with Crippen LogP contribution in [0.4, 0.5) is 4.39 Å². The molecule has 1 heterocycles. The van der Waals surface area contributed by atoms with Crippen molar-refractivity contribution in [2.45, 2.75) is 13.8 Å². The van der Waals surface area contributed by atoms with E-state index >= 15 is 0 Å². The molecule has 3 aromatic carbocycles. The summed E-state index contributed by atoms with van der Waals surface area (Å²) in [4.78, 5) is 0. The highest BCUT2D eigenvalue weighted by atomic mass is 19.1. The second kappa shape index (κ2) is 5.85. The molecule has 0 radical (unpaired) electrons. The van der Waals surface area contributed by atoms with Crippen molar-refractivity contribution in [3.05, 3.63) is 83.7 Å². The second-order valence-electron chi connectivity index (χ2n) is 6.46. The number of rotatable bonds is 2. The average molecular weight is 331 g/mol. The Hall–Kier alpha value is -2.94. The molecule has 4 aromatic rings. The summed E-state index contributed by atoms with van der Waals surface area (Å²) in [6.45, 7) is 4.24. The number of hydrogen-bond donors (Lipinski definition) is 0. The fraction of sp³-hybridized carbons (Fsp3) is 0.136. The van der Waals surface area contributed by atoms with Crippen LogP contribution in [0.15, 0.2) is 66.7 Å². The SMILES string of the molecule is Cc1cccc(C)c1-n1c(-c2cccc(F)c2)[n+](C)c2ccccc21. The maximum Gasteiger partial charge on any atom is 0.294 e. The summed E-state index contributed by atoms with van der Waals surface area (Å²) in [6.07, 6.45) is 0. The van der Waals surface area contributed by atoms with Gasteiger partial charge in [0, 0.05) is 0 Å². The first kappa shape index (κ1) is 15.6. The second-order valence-corrected chi connectivity index (χ2v) is 6.46. The van der Waals surface area contributed by atoms with Gasteiger partial charge in [-0.15, -0.1) is 0 Å². The molecule has 0 unspecified atom stereocenters. The van der Waals surface area contributed by atoms with Crippen molar-refractivity contribution in [2.75, 3.05) is 0 Å². The number of nitrogens with zero attached hydrogens (tertiary/aromatic N) is 2. The van der Waals surface area contributed by atoms with Crippen molar-refractivity contribution in [1.82, 2.24) is 4.57 Å². The third-order valence-electron chi connectivity index (χ3n) is 4.76. The van der Waals surface area contributed by atoms with Gasteiger partial charge >= 0.3 is 0 Å². The molecule has 0 aliphatic rings. The summed E-state index contributed by atoms with van der Waals surface area (Å²) < 4.78 is 18.3. The van der Waals surface area contributed by atoms with Crippen molar-refractivity contribution in [3.8, 4) is 17.1 Å². The molecule has 0 saturated heterocycles. The summed E-state index contributed by atoms with van der Waals surface area (Å²) in [7, 11) is 2.03. The van der Waals surface area contributed by atoms with Crippen LogP contribution in [0.5, 0.6) is 0 Å². The van der Waals surface area contributed by atoms with Crippen LogP contribution >= 0.6 is 0 Å². The van der Waals surface area contributed by atoms with E-state index in [2.05, 4.69) is 53.3 Å². The molecular weight excluding hydrogens is 311 g/mol. The molecule has 2 nitrogen and oxygen atoms in total. The maximum atomic E-state index is 13.9. The first-order valence-corrected chi connectivity index (χ1v) is 8.40. The maximum absolute atomic E-state index is 13.9. The van der Waals surface area contributed by atoms with Crippen molar-refractivity contribution >= 4 is 11.0 Å². The van der Waals surface area contributed by atoms with E-state index in [1.807, 2.05) is 25.2 Å². The Morgan fingerprint density at radius 3 is 2.24 bits per heavy atom. The van der Waals surface area contributed by atoms with Crippen molar-refractivity contribution in [3.63, 3.8) is 0 Å². The first-order chi connectivity index (χ1) is 12.1. The van der Waals surface area contributed by atoms with Crippen molar-refractivity contribution < 1.29 is 8.96 Å². The van der Waals surface area contributed by atoms with Crippen LogP contribution in [-0.4, -0.2) is 4.57 Å². The zero-order chi connectivity index (χ0) is 17.6. The number of aryl methyl sites for hydroxylation is 3. The minimum Gasteiger partial charge on any atom is -0.225 e. The molecule has 0 N–H and O–H groups in total. The summed E-state index contributed by atoms with van der Waals surface area (Å²) in [5.41, 5.74) is 6.63. The van der Waals surface area contributed by atoms with E-state index < -0.39 is 0 Å². The van der Waals surface area contributed by atoms with E-state index in [1.54, 1.807) is 12.1 Å². The lowest BCUT2D eigenvalue weighted by atomic mass is 10.1. The molecule has 1 aromatic heterocycles. The van der Waals surface area contributed by atoms with E-state index in [0.29, 0.717) is 0 Å². The number of fused-ring (bicyclic) bond motifs is 1. The molecule has 0 amide bonds. The fourth-order valence-electron chi connectivity index (χ4n) is 3.65. The predicted molar refractivity (Wildman–Crippen MR) is 99.3 cm³/mol. The molecule has 0 fully saturated rings. The van der Waals surface area contributed by atoms with Gasteiger partial charge in [-0.05, 0) is 55.3 Å². The van der Waals surface area contributed by atoms with Gasteiger partial charge in [-0.1, -0.05) is 36.4 Å². The fourth-order valence-corrected chi connectivity index (χ4v) is 3.65. The Kier molecular flexibility index (Phi) is 3.65. The van der Waals surface area contributed by atoms with Gasteiger partial charge in [-0.3, -0.25) is 0 Å². The summed E-state index contributed by atoms with van der Waals surface area (Å²) in [6, 6.07) is 21.4.